The number of hydrogen-bond acceptors (Lipinski definition) is 5. The molecular formula is C23H15FN4S. The summed E-state index contributed by atoms with van der Waals surface area (Å²) in [6.45, 7) is 0. The van der Waals surface area contributed by atoms with Crippen molar-refractivity contribution in [3.8, 4) is 28.5 Å². The van der Waals surface area contributed by atoms with E-state index in [0.29, 0.717) is 5.01 Å². The third-order valence-electron chi connectivity index (χ3n) is 4.26. The number of aromatic nitrogens is 1. The van der Waals surface area contributed by atoms with Gasteiger partial charge >= 0.3 is 0 Å². The van der Waals surface area contributed by atoms with Crippen molar-refractivity contribution in [3.63, 3.8) is 0 Å². The van der Waals surface area contributed by atoms with E-state index >= 15 is 0 Å². The summed E-state index contributed by atoms with van der Waals surface area (Å²) in [7, 11) is 0. The average Bonchev–Trinajstić information content (AvgIpc) is 3.26. The fraction of sp³-hybridized carbons (Fsp3) is 0. The Labute approximate surface area is 171 Å². The van der Waals surface area contributed by atoms with Crippen LogP contribution in [0.1, 0.15) is 5.01 Å². The van der Waals surface area contributed by atoms with Gasteiger partial charge in [-0.3, -0.25) is 5.43 Å². The first-order valence-electron chi connectivity index (χ1n) is 8.84. The van der Waals surface area contributed by atoms with Crippen LogP contribution in [-0.4, -0.2) is 10.7 Å². The molecule has 140 valence electrons. The van der Waals surface area contributed by atoms with Crippen LogP contribution >= 0.6 is 11.3 Å². The molecule has 0 radical (unpaired) electrons. The third kappa shape index (κ3) is 4.21. The summed E-state index contributed by atoms with van der Waals surface area (Å²) in [5.74, 6) is -0.438. The number of halogens is 1. The number of hydrogen-bond donors (Lipinski definition) is 1. The molecular weight excluding hydrogens is 383 g/mol. The largest absolute Gasteiger partial charge is 0.274 e. The minimum atomic E-state index is -0.438. The van der Waals surface area contributed by atoms with E-state index in [4.69, 9.17) is 0 Å². The van der Waals surface area contributed by atoms with E-state index < -0.39 is 5.82 Å². The lowest BCUT2D eigenvalue weighted by atomic mass is 10.0. The SMILES string of the molecule is N#CC(=NNc1ccccc1F)c1nc(-c2ccc(-c3ccccc3)cc2)cs1. The summed E-state index contributed by atoms with van der Waals surface area (Å²) in [6, 6.07) is 26.4. The van der Waals surface area contributed by atoms with Crippen molar-refractivity contribution in [2.75, 3.05) is 5.43 Å². The Hall–Kier alpha value is -3.82. The van der Waals surface area contributed by atoms with Crippen LogP contribution in [0.3, 0.4) is 0 Å². The smallest absolute Gasteiger partial charge is 0.196 e. The summed E-state index contributed by atoms with van der Waals surface area (Å²) in [4.78, 5) is 4.52. The van der Waals surface area contributed by atoms with E-state index in [1.165, 1.54) is 17.4 Å². The van der Waals surface area contributed by atoms with Crippen molar-refractivity contribution in [1.82, 2.24) is 4.98 Å². The Kier molecular flexibility index (Phi) is 5.41. The minimum Gasteiger partial charge on any atom is -0.274 e. The van der Waals surface area contributed by atoms with Crippen molar-refractivity contribution in [3.05, 3.63) is 95.1 Å². The molecule has 0 saturated heterocycles. The summed E-state index contributed by atoms with van der Waals surface area (Å²) in [5, 5.41) is 15.8. The van der Waals surface area contributed by atoms with E-state index in [2.05, 4.69) is 27.6 Å². The molecule has 1 N–H and O–H groups in total. The molecule has 0 spiro atoms. The number of para-hydroxylation sites is 1. The average molecular weight is 398 g/mol. The second kappa shape index (κ2) is 8.46. The maximum atomic E-state index is 13.7. The molecule has 0 bridgehead atoms. The fourth-order valence-electron chi connectivity index (χ4n) is 2.77. The van der Waals surface area contributed by atoms with Crippen LogP contribution in [0.2, 0.25) is 0 Å². The van der Waals surface area contributed by atoms with E-state index in [-0.39, 0.29) is 11.4 Å². The second-order valence-corrected chi connectivity index (χ2v) is 7.00. The molecule has 0 saturated carbocycles. The molecule has 29 heavy (non-hydrogen) atoms. The van der Waals surface area contributed by atoms with E-state index in [1.807, 2.05) is 53.9 Å². The lowest BCUT2D eigenvalue weighted by Crippen LogP contribution is -2.02. The molecule has 4 rings (SSSR count). The molecule has 3 aromatic carbocycles. The Bertz CT molecular complexity index is 1190. The lowest BCUT2D eigenvalue weighted by molar-refractivity contribution is 0.630. The monoisotopic (exact) mass is 398 g/mol. The molecule has 4 aromatic rings. The molecule has 0 fully saturated rings. The van der Waals surface area contributed by atoms with Gasteiger partial charge in [0.2, 0.25) is 0 Å². The Morgan fingerprint density at radius 1 is 0.897 bits per heavy atom. The number of nitrogens with zero attached hydrogens (tertiary/aromatic N) is 3. The first-order valence-corrected chi connectivity index (χ1v) is 9.72. The van der Waals surface area contributed by atoms with Crippen molar-refractivity contribution < 1.29 is 4.39 Å². The summed E-state index contributed by atoms with van der Waals surface area (Å²) in [5.41, 5.74) is 6.88. The Morgan fingerprint density at radius 3 is 2.28 bits per heavy atom. The van der Waals surface area contributed by atoms with E-state index in [0.717, 1.165) is 22.4 Å². The molecule has 0 amide bonds. The predicted molar refractivity (Wildman–Crippen MR) is 115 cm³/mol. The highest BCUT2D eigenvalue weighted by atomic mass is 32.1. The molecule has 4 nitrogen and oxygen atoms in total. The Balaban J connectivity index is 1.55. The van der Waals surface area contributed by atoms with E-state index in [9.17, 15) is 9.65 Å². The standard InChI is InChI=1S/C23H15FN4S/c24-19-8-4-5-9-20(19)27-28-21(14-25)23-26-22(15-29-23)18-12-10-17(11-13-18)16-6-2-1-3-7-16/h1-13,15,27H. The van der Waals surface area contributed by atoms with Gasteiger partial charge in [0.1, 0.15) is 11.9 Å². The van der Waals surface area contributed by atoms with Gasteiger partial charge in [0.15, 0.2) is 10.7 Å². The van der Waals surface area contributed by atoms with E-state index in [1.54, 1.807) is 18.2 Å². The first kappa shape index (κ1) is 18.5. The van der Waals surface area contributed by atoms with Crippen molar-refractivity contribution in [2.45, 2.75) is 0 Å². The highest BCUT2D eigenvalue weighted by Gasteiger charge is 2.11. The highest BCUT2D eigenvalue weighted by molar-refractivity contribution is 7.12. The maximum absolute atomic E-state index is 13.7. The molecule has 1 heterocycles. The van der Waals surface area contributed by atoms with Crippen molar-refractivity contribution >= 4 is 22.7 Å². The van der Waals surface area contributed by atoms with Crippen LogP contribution in [0, 0.1) is 17.1 Å². The van der Waals surface area contributed by atoms with Crippen LogP contribution in [-0.2, 0) is 0 Å². The minimum absolute atomic E-state index is 0.102. The summed E-state index contributed by atoms with van der Waals surface area (Å²) < 4.78 is 13.7. The quantitative estimate of drug-likeness (QED) is 0.333. The summed E-state index contributed by atoms with van der Waals surface area (Å²) in [6.07, 6.45) is 0. The van der Waals surface area contributed by atoms with Crippen LogP contribution in [0.5, 0.6) is 0 Å². The number of thiazole rings is 1. The fourth-order valence-corrected chi connectivity index (χ4v) is 3.53. The number of anilines is 1. The molecule has 0 aliphatic rings. The second-order valence-electron chi connectivity index (χ2n) is 6.15. The predicted octanol–water partition coefficient (Wildman–Crippen LogP) is 5.96. The zero-order valence-corrected chi connectivity index (χ0v) is 16.0. The van der Waals surface area contributed by atoms with Gasteiger partial charge in [0.25, 0.3) is 0 Å². The van der Waals surface area contributed by atoms with Gasteiger partial charge in [-0.2, -0.15) is 10.4 Å². The highest BCUT2D eigenvalue weighted by Crippen LogP contribution is 2.26. The number of nitriles is 1. The van der Waals surface area contributed by atoms with Gasteiger partial charge in [-0.25, -0.2) is 9.37 Å². The molecule has 0 aliphatic carbocycles. The van der Waals surface area contributed by atoms with Crippen LogP contribution < -0.4 is 5.43 Å². The van der Waals surface area contributed by atoms with Crippen LogP contribution in [0.15, 0.2) is 89.3 Å². The van der Waals surface area contributed by atoms with Gasteiger partial charge < -0.3 is 0 Å². The topological polar surface area (TPSA) is 61.1 Å². The van der Waals surface area contributed by atoms with Crippen LogP contribution in [0.4, 0.5) is 10.1 Å². The zero-order valence-electron chi connectivity index (χ0n) is 15.2. The number of benzene rings is 3. The zero-order chi connectivity index (χ0) is 20.1. The summed E-state index contributed by atoms with van der Waals surface area (Å²) >= 11 is 1.32. The van der Waals surface area contributed by atoms with Gasteiger partial charge in [-0.05, 0) is 23.3 Å². The normalized spacial score (nSPS) is 11.1. The first-order chi connectivity index (χ1) is 14.2. The van der Waals surface area contributed by atoms with Crippen molar-refractivity contribution in [1.29, 1.82) is 5.26 Å². The molecule has 0 unspecified atom stereocenters. The van der Waals surface area contributed by atoms with Crippen molar-refractivity contribution in [2.24, 2.45) is 5.10 Å². The molecule has 0 aliphatic heterocycles. The number of hydrazone groups is 1. The van der Waals surface area contributed by atoms with Gasteiger partial charge in [0.05, 0.1) is 11.4 Å². The van der Waals surface area contributed by atoms with Gasteiger partial charge in [-0.15, -0.1) is 11.3 Å². The molecule has 0 atom stereocenters. The van der Waals surface area contributed by atoms with Crippen LogP contribution in [0.25, 0.3) is 22.4 Å². The number of nitrogens with one attached hydrogen (secondary N) is 1. The maximum Gasteiger partial charge on any atom is 0.196 e. The molecule has 6 heteroatoms. The van der Waals surface area contributed by atoms with Gasteiger partial charge in [0, 0.05) is 10.9 Å². The third-order valence-corrected chi connectivity index (χ3v) is 5.11. The number of rotatable bonds is 5. The molecule has 1 aromatic heterocycles. The lowest BCUT2D eigenvalue weighted by Gasteiger charge is -2.03. The van der Waals surface area contributed by atoms with Gasteiger partial charge in [-0.1, -0.05) is 66.7 Å². The Morgan fingerprint density at radius 2 is 1.55 bits per heavy atom.